The Bertz CT molecular complexity index is 1370. The van der Waals surface area contributed by atoms with Gasteiger partial charge in [0.05, 0.1) is 10.8 Å². The first-order valence-corrected chi connectivity index (χ1v) is 17.2. The SMILES string of the molecule is CC1(C)[C@H]2CC[C@@]1(C)C(=O)[C@]2(C/C(Br)=C\c1ccccc1)[C@]1(C/C(Br)=C\c2ccccc2)C(=O)[C@@]2(C)CC[C@H]1C2(C)C. The van der Waals surface area contributed by atoms with Crippen LogP contribution in [0.15, 0.2) is 69.6 Å². The first-order chi connectivity index (χ1) is 19.7. The lowest BCUT2D eigenvalue weighted by Gasteiger charge is -2.55. The van der Waals surface area contributed by atoms with E-state index in [1.807, 2.05) is 36.4 Å². The van der Waals surface area contributed by atoms with Crippen LogP contribution in [0.3, 0.4) is 0 Å². The molecular weight excluding hydrogens is 648 g/mol. The molecular formula is C38H44Br2O2. The molecule has 4 aliphatic rings. The summed E-state index contributed by atoms with van der Waals surface area (Å²) in [5.74, 6) is 0.905. The third-order valence-corrected chi connectivity index (χ3v) is 14.4. The number of carbonyl (C=O) groups excluding carboxylic acids is 2. The molecule has 4 heteroatoms. The van der Waals surface area contributed by atoms with Crippen molar-refractivity contribution in [3.63, 3.8) is 0 Å². The minimum atomic E-state index is -0.797. The number of allylic oxidation sites excluding steroid dienone is 2. The van der Waals surface area contributed by atoms with Gasteiger partial charge < -0.3 is 0 Å². The molecule has 0 saturated heterocycles. The van der Waals surface area contributed by atoms with Crippen LogP contribution >= 0.6 is 31.9 Å². The fourth-order valence-electron chi connectivity index (χ4n) is 10.7. The van der Waals surface area contributed by atoms with E-state index in [2.05, 4.69) is 110 Å². The average Bonchev–Trinajstić information content (AvgIpc) is 3.42. The smallest absolute Gasteiger partial charge is 0.147 e. The van der Waals surface area contributed by atoms with Crippen molar-refractivity contribution in [1.29, 1.82) is 0 Å². The summed E-state index contributed by atoms with van der Waals surface area (Å²) in [5, 5.41) is 0. The number of hydrogen-bond donors (Lipinski definition) is 0. The Kier molecular flexibility index (Phi) is 7.10. The number of halogens is 2. The Labute approximate surface area is 269 Å². The molecule has 4 fully saturated rings. The molecule has 6 atom stereocenters. The molecule has 0 heterocycles. The Morgan fingerprint density at radius 3 is 1.26 bits per heavy atom. The second-order valence-electron chi connectivity index (χ2n) is 15.2. The lowest BCUT2D eigenvalue weighted by atomic mass is 9.45. The summed E-state index contributed by atoms with van der Waals surface area (Å²) in [6.07, 6.45) is 9.24. The predicted octanol–water partition coefficient (Wildman–Crippen LogP) is 10.7. The third kappa shape index (κ3) is 3.73. The summed E-state index contributed by atoms with van der Waals surface area (Å²) in [4.78, 5) is 30.9. The van der Waals surface area contributed by atoms with Crippen molar-refractivity contribution in [3.05, 3.63) is 80.8 Å². The van der Waals surface area contributed by atoms with Crippen molar-refractivity contribution in [1.82, 2.24) is 0 Å². The second kappa shape index (κ2) is 9.86. The Balaban J connectivity index is 1.61. The number of benzene rings is 2. The van der Waals surface area contributed by atoms with Gasteiger partial charge in [-0.05, 0) is 93.4 Å². The highest BCUT2D eigenvalue weighted by molar-refractivity contribution is 9.12. The summed E-state index contributed by atoms with van der Waals surface area (Å²) in [6.45, 7) is 13.7. The molecule has 0 radical (unpaired) electrons. The van der Waals surface area contributed by atoms with Gasteiger partial charge >= 0.3 is 0 Å². The Morgan fingerprint density at radius 1 is 0.643 bits per heavy atom. The molecule has 0 amide bonds. The number of ketones is 2. The van der Waals surface area contributed by atoms with Crippen molar-refractivity contribution in [2.24, 2.45) is 44.3 Å². The molecule has 6 rings (SSSR count). The molecule has 222 valence electrons. The summed E-state index contributed by atoms with van der Waals surface area (Å²) >= 11 is 7.98. The Hall–Kier alpha value is -1.78. The fourth-order valence-corrected chi connectivity index (χ4v) is 12.1. The molecule has 0 aromatic heterocycles. The van der Waals surface area contributed by atoms with Crippen molar-refractivity contribution in [2.45, 2.75) is 80.1 Å². The van der Waals surface area contributed by atoms with Crippen LogP contribution in [-0.2, 0) is 9.59 Å². The molecule has 0 unspecified atom stereocenters. The maximum atomic E-state index is 15.4. The molecule has 4 saturated carbocycles. The minimum Gasteiger partial charge on any atom is -0.298 e. The topological polar surface area (TPSA) is 34.1 Å². The third-order valence-electron chi connectivity index (χ3n) is 13.4. The Morgan fingerprint density at radius 2 is 0.976 bits per heavy atom. The maximum absolute atomic E-state index is 15.4. The van der Waals surface area contributed by atoms with Crippen LogP contribution in [0, 0.1) is 44.3 Å². The van der Waals surface area contributed by atoms with Gasteiger partial charge in [-0.25, -0.2) is 0 Å². The van der Waals surface area contributed by atoms with Crippen LogP contribution < -0.4 is 0 Å². The van der Waals surface area contributed by atoms with Crippen molar-refractivity contribution >= 4 is 55.6 Å². The average molecular weight is 693 g/mol. The van der Waals surface area contributed by atoms with Crippen LogP contribution in [0.5, 0.6) is 0 Å². The van der Waals surface area contributed by atoms with Crippen LogP contribution in [0.1, 0.15) is 91.2 Å². The lowest BCUT2D eigenvalue weighted by Crippen LogP contribution is -2.60. The molecule has 0 N–H and O–H groups in total. The van der Waals surface area contributed by atoms with Crippen molar-refractivity contribution in [2.75, 3.05) is 0 Å². The van der Waals surface area contributed by atoms with Gasteiger partial charge in [-0.15, -0.1) is 0 Å². The first kappa shape index (κ1) is 30.3. The molecule has 0 aliphatic heterocycles. The van der Waals surface area contributed by atoms with Gasteiger partial charge in [-0.1, -0.05) is 134 Å². The van der Waals surface area contributed by atoms with E-state index in [1.165, 1.54) is 0 Å². The molecule has 0 spiro atoms. The van der Waals surface area contributed by atoms with E-state index in [1.54, 1.807) is 0 Å². The number of fused-ring (bicyclic) bond motifs is 4. The van der Waals surface area contributed by atoms with E-state index < -0.39 is 21.7 Å². The van der Waals surface area contributed by atoms with E-state index in [0.717, 1.165) is 45.8 Å². The minimum absolute atomic E-state index is 0.124. The first-order valence-electron chi connectivity index (χ1n) is 15.6. The van der Waals surface area contributed by atoms with Gasteiger partial charge in [0.2, 0.25) is 0 Å². The van der Waals surface area contributed by atoms with Gasteiger partial charge in [0.15, 0.2) is 0 Å². The van der Waals surface area contributed by atoms with Crippen LogP contribution in [-0.4, -0.2) is 11.6 Å². The summed E-state index contributed by atoms with van der Waals surface area (Å²) < 4.78 is 2.02. The predicted molar refractivity (Wildman–Crippen MR) is 180 cm³/mol. The molecule has 4 bridgehead atoms. The zero-order valence-electron chi connectivity index (χ0n) is 25.9. The van der Waals surface area contributed by atoms with Crippen LogP contribution in [0.25, 0.3) is 12.2 Å². The van der Waals surface area contributed by atoms with Crippen LogP contribution in [0.4, 0.5) is 0 Å². The number of rotatable bonds is 7. The highest BCUT2D eigenvalue weighted by Crippen LogP contribution is 2.84. The maximum Gasteiger partial charge on any atom is 0.147 e. The number of Topliss-reactive ketones (excluding diaryl/α,β-unsaturated/α-hetero) is 2. The van der Waals surface area contributed by atoms with E-state index in [4.69, 9.17) is 0 Å². The van der Waals surface area contributed by atoms with Gasteiger partial charge in [0, 0.05) is 10.8 Å². The normalized spacial score (nSPS) is 38.5. The van der Waals surface area contributed by atoms with E-state index in [0.29, 0.717) is 24.4 Å². The molecule has 4 aliphatic carbocycles. The summed E-state index contributed by atoms with van der Waals surface area (Å²) in [5.41, 5.74) is -0.679. The molecule has 42 heavy (non-hydrogen) atoms. The second-order valence-corrected chi connectivity index (χ2v) is 17.3. The van der Waals surface area contributed by atoms with Gasteiger partial charge in [0.1, 0.15) is 11.6 Å². The number of carbonyl (C=O) groups is 2. The zero-order chi connectivity index (χ0) is 30.3. The van der Waals surface area contributed by atoms with Crippen LogP contribution in [0.2, 0.25) is 0 Å². The van der Waals surface area contributed by atoms with Crippen molar-refractivity contribution < 1.29 is 9.59 Å². The van der Waals surface area contributed by atoms with E-state index >= 15 is 9.59 Å². The van der Waals surface area contributed by atoms with Gasteiger partial charge in [-0.3, -0.25) is 9.59 Å². The highest BCUT2D eigenvalue weighted by Gasteiger charge is 2.85. The van der Waals surface area contributed by atoms with E-state index in [-0.39, 0.29) is 22.7 Å². The highest BCUT2D eigenvalue weighted by atomic mass is 79.9. The fraction of sp³-hybridized carbons (Fsp3) is 0.526. The standard InChI is InChI=1S/C38H44Br2O2/c1-33(2)29-17-19-35(33,5)31(41)37(29,23-27(39)21-25-13-9-7-10-14-25)38(24-28(40)22-26-15-11-8-12-16-26)30-18-20-36(6,32(38)42)34(30,3)4/h7-16,21-22,29-30H,17-20,23-24H2,1-6H3/b27-21+,28-22+/t29-,30+,35+,36-,37-,38+. The van der Waals surface area contributed by atoms with Gasteiger partial charge in [0.25, 0.3) is 0 Å². The molecule has 2 aromatic carbocycles. The summed E-state index contributed by atoms with van der Waals surface area (Å²) in [7, 11) is 0. The molecule has 2 nitrogen and oxygen atoms in total. The monoisotopic (exact) mass is 690 g/mol. The molecule has 2 aromatic rings. The lowest BCUT2D eigenvalue weighted by molar-refractivity contribution is -0.164. The summed E-state index contributed by atoms with van der Waals surface area (Å²) in [6, 6.07) is 20.6. The van der Waals surface area contributed by atoms with Crippen molar-refractivity contribution in [3.8, 4) is 0 Å². The quantitative estimate of drug-likeness (QED) is 0.290. The largest absolute Gasteiger partial charge is 0.298 e. The number of hydrogen-bond acceptors (Lipinski definition) is 2. The van der Waals surface area contributed by atoms with Gasteiger partial charge in [-0.2, -0.15) is 0 Å². The zero-order valence-corrected chi connectivity index (χ0v) is 29.1. The van der Waals surface area contributed by atoms with E-state index in [9.17, 15) is 0 Å².